The van der Waals surface area contributed by atoms with Crippen molar-refractivity contribution in [1.82, 2.24) is 25.0 Å². The van der Waals surface area contributed by atoms with Gasteiger partial charge in [0.25, 0.3) is 0 Å². The number of rotatable bonds is 6. The van der Waals surface area contributed by atoms with Crippen LogP contribution < -0.4 is 5.32 Å². The highest BCUT2D eigenvalue weighted by Crippen LogP contribution is 2.21. The molecular formula is C18H29IN6S. The monoisotopic (exact) mass is 488 g/mol. The van der Waals surface area contributed by atoms with Crippen molar-refractivity contribution in [2.24, 2.45) is 18.0 Å². The minimum atomic E-state index is 0. The van der Waals surface area contributed by atoms with E-state index in [1.54, 1.807) is 11.3 Å². The quantitative estimate of drug-likeness (QED) is 0.386. The molecule has 0 radical (unpaired) electrons. The van der Waals surface area contributed by atoms with Crippen LogP contribution >= 0.6 is 35.3 Å². The van der Waals surface area contributed by atoms with Crippen LogP contribution in [-0.4, -0.2) is 45.3 Å². The molecule has 3 heterocycles. The summed E-state index contributed by atoms with van der Waals surface area (Å²) in [5.74, 6) is 1.68. The lowest BCUT2D eigenvalue weighted by molar-refractivity contribution is 0.460. The Bertz CT molecular complexity index is 710. The van der Waals surface area contributed by atoms with Crippen molar-refractivity contribution in [2.75, 3.05) is 19.6 Å². The number of thiazole rings is 1. The minimum absolute atomic E-state index is 0. The number of aryl methyl sites for hydroxylation is 2. The van der Waals surface area contributed by atoms with Gasteiger partial charge in [0.1, 0.15) is 5.01 Å². The van der Waals surface area contributed by atoms with Gasteiger partial charge in [0.05, 0.1) is 12.7 Å². The van der Waals surface area contributed by atoms with Gasteiger partial charge in [-0.3, -0.25) is 4.68 Å². The lowest BCUT2D eigenvalue weighted by Gasteiger charge is -2.21. The van der Waals surface area contributed by atoms with Crippen LogP contribution in [0.5, 0.6) is 0 Å². The number of halogens is 1. The van der Waals surface area contributed by atoms with E-state index in [1.165, 1.54) is 16.9 Å². The molecular weight excluding hydrogens is 459 g/mol. The van der Waals surface area contributed by atoms with Gasteiger partial charge in [-0.15, -0.1) is 35.3 Å². The highest BCUT2D eigenvalue weighted by Gasteiger charge is 2.25. The average molecular weight is 488 g/mol. The standard InChI is InChI=1S/C18H28N6S.HI/c1-4-16-10-20-17(25-16)11-21-18(19-5-2)24-7-6-14(13-24)8-15-9-22-23(3)12-15;/h9-10,12,14H,4-8,11,13H2,1-3H3,(H,19,21);1H. The Morgan fingerprint density at radius 1 is 1.38 bits per heavy atom. The summed E-state index contributed by atoms with van der Waals surface area (Å²) in [5.41, 5.74) is 1.33. The van der Waals surface area contributed by atoms with E-state index in [1.807, 2.05) is 24.1 Å². The van der Waals surface area contributed by atoms with E-state index in [0.29, 0.717) is 12.5 Å². The minimum Gasteiger partial charge on any atom is -0.357 e. The van der Waals surface area contributed by atoms with Gasteiger partial charge in [-0.25, -0.2) is 9.98 Å². The zero-order valence-corrected chi connectivity index (χ0v) is 19.0. The van der Waals surface area contributed by atoms with Crippen LogP contribution in [0.15, 0.2) is 23.6 Å². The molecule has 0 aliphatic carbocycles. The van der Waals surface area contributed by atoms with Gasteiger partial charge in [-0.05, 0) is 37.7 Å². The second-order valence-electron chi connectivity index (χ2n) is 6.57. The average Bonchev–Trinajstić information content (AvgIpc) is 3.33. The predicted octanol–water partition coefficient (Wildman–Crippen LogP) is 3.09. The number of guanidine groups is 1. The maximum Gasteiger partial charge on any atom is 0.194 e. The van der Waals surface area contributed by atoms with Crippen molar-refractivity contribution in [3.05, 3.63) is 34.0 Å². The summed E-state index contributed by atoms with van der Waals surface area (Å²) in [6.45, 7) is 7.96. The molecule has 1 N–H and O–H groups in total. The van der Waals surface area contributed by atoms with Gasteiger partial charge >= 0.3 is 0 Å². The Kier molecular flexibility index (Phi) is 8.33. The van der Waals surface area contributed by atoms with E-state index in [2.05, 4.69) is 40.3 Å². The lowest BCUT2D eigenvalue weighted by atomic mass is 10.0. The largest absolute Gasteiger partial charge is 0.357 e. The van der Waals surface area contributed by atoms with E-state index in [9.17, 15) is 0 Å². The number of nitrogens with one attached hydrogen (secondary N) is 1. The number of hydrogen-bond acceptors (Lipinski definition) is 4. The SMILES string of the molecule is CCNC(=NCc1ncc(CC)s1)N1CCC(Cc2cnn(C)c2)C1.I. The Morgan fingerprint density at radius 2 is 2.23 bits per heavy atom. The third-order valence-electron chi connectivity index (χ3n) is 4.52. The second kappa shape index (κ2) is 10.2. The number of nitrogens with zero attached hydrogens (tertiary/aromatic N) is 5. The van der Waals surface area contributed by atoms with E-state index < -0.39 is 0 Å². The molecule has 8 heteroatoms. The van der Waals surface area contributed by atoms with Gasteiger partial charge in [-0.2, -0.15) is 5.10 Å². The first-order valence-electron chi connectivity index (χ1n) is 9.12. The molecule has 0 amide bonds. The fourth-order valence-corrected chi connectivity index (χ4v) is 4.04. The Balaban J connectivity index is 0.00000243. The van der Waals surface area contributed by atoms with Crippen LogP contribution in [0.3, 0.4) is 0 Å². The normalized spacial score (nSPS) is 17.4. The highest BCUT2D eigenvalue weighted by atomic mass is 127. The third kappa shape index (κ3) is 5.67. The van der Waals surface area contributed by atoms with Crippen molar-refractivity contribution in [3.8, 4) is 0 Å². The third-order valence-corrected chi connectivity index (χ3v) is 5.64. The van der Waals surface area contributed by atoms with Gasteiger partial charge in [0.2, 0.25) is 0 Å². The first-order valence-corrected chi connectivity index (χ1v) is 9.94. The summed E-state index contributed by atoms with van der Waals surface area (Å²) in [6, 6.07) is 0. The molecule has 3 rings (SSSR count). The number of likely N-dealkylation sites (tertiary alicyclic amines) is 1. The van der Waals surface area contributed by atoms with Crippen molar-refractivity contribution in [3.63, 3.8) is 0 Å². The Morgan fingerprint density at radius 3 is 2.88 bits per heavy atom. The Labute approximate surface area is 177 Å². The van der Waals surface area contributed by atoms with Gasteiger partial charge < -0.3 is 10.2 Å². The molecule has 0 spiro atoms. The molecule has 1 atom stereocenters. The summed E-state index contributed by atoms with van der Waals surface area (Å²) in [4.78, 5) is 13.0. The first-order chi connectivity index (χ1) is 12.2. The molecule has 1 fully saturated rings. The summed E-state index contributed by atoms with van der Waals surface area (Å²) >= 11 is 1.77. The molecule has 1 saturated heterocycles. The number of aliphatic imine (C=N–C) groups is 1. The van der Waals surface area contributed by atoms with Crippen molar-refractivity contribution in [1.29, 1.82) is 0 Å². The number of aromatic nitrogens is 3. The van der Waals surface area contributed by atoms with Crippen molar-refractivity contribution in [2.45, 2.75) is 39.7 Å². The molecule has 0 bridgehead atoms. The molecule has 144 valence electrons. The number of hydrogen-bond donors (Lipinski definition) is 1. The molecule has 0 saturated carbocycles. The van der Waals surface area contributed by atoms with Gasteiger partial charge in [0.15, 0.2) is 5.96 Å². The summed E-state index contributed by atoms with van der Waals surface area (Å²) in [5, 5.41) is 8.81. The van der Waals surface area contributed by atoms with Crippen LogP contribution in [0.4, 0.5) is 0 Å². The first kappa shape index (κ1) is 21.1. The maximum absolute atomic E-state index is 4.82. The zero-order valence-electron chi connectivity index (χ0n) is 15.8. The fraction of sp³-hybridized carbons (Fsp3) is 0.611. The predicted molar refractivity (Wildman–Crippen MR) is 118 cm³/mol. The summed E-state index contributed by atoms with van der Waals surface area (Å²) in [7, 11) is 1.98. The summed E-state index contributed by atoms with van der Waals surface area (Å²) < 4.78 is 1.88. The highest BCUT2D eigenvalue weighted by molar-refractivity contribution is 14.0. The molecule has 1 aliphatic rings. The van der Waals surface area contributed by atoms with E-state index in [-0.39, 0.29) is 24.0 Å². The molecule has 1 aliphatic heterocycles. The molecule has 0 aromatic carbocycles. The molecule has 2 aromatic rings. The van der Waals surface area contributed by atoms with Crippen LogP contribution in [0.1, 0.15) is 35.7 Å². The summed E-state index contributed by atoms with van der Waals surface area (Å²) in [6.07, 6.45) is 9.42. The Hall–Kier alpha value is -1.16. The molecule has 26 heavy (non-hydrogen) atoms. The zero-order chi connectivity index (χ0) is 17.6. The van der Waals surface area contributed by atoms with E-state index >= 15 is 0 Å². The second-order valence-corrected chi connectivity index (χ2v) is 7.77. The fourth-order valence-electron chi connectivity index (χ4n) is 3.26. The van der Waals surface area contributed by atoms with Crippen LogP contribution in [-0.2, 0) is 26.4 Å². The van der Waals surface area contributed by atoms with Crippen LogP contribution in [0.25, 0.3) is 0 Å². The van der Waals surface area contributed by atoms with E-state index in [4.69, 9.17) is 4.99 Å². The lowest BCUT2D eigenvalue weighted by Crippen LogP contribution is -2.40. The maximum atomic E-state index is 4.82. The molecule has 2 aromatic heterocycles. The molecule has 1 unspecified atom stereocenters. The molecule has 6 nitrogen and oxygen atoms in total. The van der Waals surface area contributed by atoms with Crippen molar-refractivity contribution < 1.29 is 0 Å². The van der Waals surface area contributed by atoms with E-state index in [0.717, 1.165) is 43.4 Å². The topological polar surface area (TPSA) is 58.3 Å². The van der Waals surface area contributed by atoms with Gasteiger partial charge in [-0.1, -0.05) is 6.92 Å². The van der Waals surface area contributed by atoms with Gasteiger partial charge in [0, 0.05) is 44.0 Å². The van der Waals surface area contributed by atoms with Crippen molar-refractivity contribution >= 4 is 41.3 Å². The van der Waals surface area contributed by atoms with Crippen LogP contribution in [0.2, 0.25) is 0 Å². The smallest absolute Gasteiger partial charge is 0.194 e. The van der Waals surface area contributed by atoms with Crippen LogP contribution in [0, 0.1) is 5.92 Å².